The molecule has 1 aromatic heterocycles. The van der Waals surface area contributed by atoms with Gasteiger partial charge in [-0.3, -0.25) is 0 Å². The highest BCUT2D eigenvalue weighted by molar-refractivity contribution is 5.05. The number of hydrogen-bond donors (Lipinski definition) is 0. The van der Waals surface area contributed by atoms with Crippen molar-refractivity contribution in [2.45, 2.75) is 84.6 Å². The number of aryl methyl sites for hydroxylation is 2. The third kappa shape index (κ3) is 9.06. The zero-order valence-corrected chi connectivity index (χ0v) is 13.4. The lowest BCUT2D eigenvalue weighted by Gasteiger charge is -2.01. The van der Waals surface area contributed by atoms with Crippen LogP contribution >= 0.6 is 0 Å². The molecule has 0 N–H and O–H groups in total. The SMILES string of the molecule is CCCCCCCCC[n+]1cccc(CCCC)c1.[F-]. The smallest absolute Gasteiger partial charge is 0.171 e. The number of aromatic nitrogens is 1. The molecule has 0 saturated carbocycles. The van der Waals surface area contributed by atoms with Gasteiger partial charge in [0.15, 0.2) is 12.4 Å². The molecule has 116 valence electrons. The molecule has 0 unspecified atom stereocenters. The highest BCUT2D eigenvalue weighted by atomic mass is 19.0. The topological polar surface area (TPSA) is 3.88 Å². The molecule has 0 spiro atoms. The lowest BCUT2D eigenvalue weighted by molar-refractivity contribution is -0.697. The Morgan fingerprint density at radius 3 is 2.20 bits per heavy atom. The Bertz CT molecular complexity index is 325. The largest absolute Gasteiger partial charge is 1.00 e. The third-order valence-electron chi connectivity index (χ3n) is 3.76. The lowest BCUT2D eigenvalue weighted by atomic mass is 10.1. The molecule has 0 aliphatic rings. The van der Waals surface area contributed by atoms with Crippen molar-refractivity contribution in [3.8, 4) is 0 Å². The summed E-state index contributed by atoms with van der Waals surface area (Å²) in [6, 6.07) is 4.46. The number of unbranched alkanes of at least 4 members (excludes halogenated alkanes) is 7. The van der Waals surface area contributed by atoms with Crippen LogP contribution in [0.15, 0.2) is 24.5 Å². The van der Waals surface area contributed by atoms with E-state index in [0.29, 0.717) is 0 Å². The predicted octanol–water partition coefficient (Wildman–Crippen LogP) is 2.07. The first-order chi connectivity index (χ1) is 9.36. The summed E-state index contributed by atoms with van der Waals surface area (Å²) in [5.41, 5.74) is 1.49. The first-order valence-corrected chi connectivity index (χ1v) is 8.34. The summed E-state index contributed by atoms with van der Waals surface area (Å²) in [5.74, 6) is 0. The van der Waals surface area contributed by atoms with Gasteiger partial charge in [0.1, 0.15) is 6.54 Å². The number of pyridine rings is 1. The average molecular weight is 281 g/mol. The Kier molecular flexibility index (Phi) is 12.5. The number of nitrogens with zero attached hydrogens (tertiary/aromatic N) is 1. The van der Waals surface area contributed by atoms with Crippen LogP contribution in [0.5, 0.6) is 0 Å². The van der Waals surface area contributed by atoms with Crippen LogP contribution in [-0.4, -0.2) is 0 Å². The van der Waals surface area contributed by atoms with Gasteiger partial charge in [0.05, 0.1) is 0 Å². The van der Waals surface area contributed by atoms with Crippen LogP contribution in [-0.2, 0) is 13.0 Å². The van der Waals surface area contributed by atoms with Gasteiger partial charge in [-0.1, -0.05) is 52.4 Å². The van der Waals surface area contributed by atoms with Crippen LogP contribution in [0.4, 0.5) is 0 Å². The van der Waals surface area contributed by atoms with E-state index >= 15 is 0 Å². The average Bonchev–Trinajstić information content (AvgIpc) is 2.44. The molecule has 0 aromatic carbocycles. The summed E-state index contributed by atoms with van der Waals surface area (Å²) in [7, 11) is 0. The molecule has 0 amide bonds. The maximum absolute atomic E-state index is 2.37. The Hall–Kier alpha value is -0.920. The molecule has 20 heavy (non-hydrogen) atoms. The fraction of sp³-hybridized carbons (Fsp3) is 0.722. The van der Waals surface area contributed by atoms with E-state index in [1.807, 2.05) is 0 Å². The van der Waals surface area contributed by atoms with Gasteiger partial charge in [-0.25, -0.2) is 4.57 Å². The van der Waals surface area contributed by atoms with Gasteiger partial charge in [-0.15, -0.1) is 0 Å². The summed E-state index contributed by atoms with van der Waals surface area (Å²) in [5, 5.41) is 0. The van der Waals surface area contributed by atoms with Crippen molar-refractivity contribution < 1.29 is 9.27 Å². The van der Waals surface area contributed by atoms with Crippen molar-refractivity contribution >= 4 is 0 Å². The molecule has 0 radical (unpaired) electrons. The van der Waals surface area contributed by atoms with Gasteiger partial charge in [0.2, 0.25) is 0 Å². The van der Waals surface area contributed by atoms with Crippen LogP contribution in [0.3, 0.4) is 0 Å². The van der Waals surface area contributed by atoms with Crippen molar-refractivity contribution in [3.63, 3.8) is 0 Å². The summed E-state index contributed by atoms with van der Waals surface area (Å²) < 4.78 is 2.37. The molecule has 1 nitrogen and oxygen atoms in total. The second kappa shape index (κ2) is 13.1. The molecule has 1 aromatic rings. The van der Waals surface area contributed by atoms with Crippen LogP contribution in [0.1, 0.15) is 77.2 Å². The number of halogens is 1. The van der Waals surface area contributed by atoms with E-state index in [-0.39, 0.29) is 4.70 Å². The van der Waals surface area contributed by atoms with Crippen LogP contribution in [0.2, 0.25) is 0 Å². The van der Waals surface area contributed by atoms with Crippen molar-refractivity contribution in [1.29, 1.82) is 0 Å². The molecule has 0 aliphatic carbocycles. The van der Waals surface area contributed by atoms with Gasteiger partial charge in [0, 0.05) is 18.1 Å². The molecule has 0 saturated heterocycles. The quantitative estimate of drug-likeness (QED) is 0.432. The van der Waals surface area contributed by atoms with E-state index in [4.69, 9.17) is 0 Å². The standard InChI is InChI=1S/C18H32N.FH/c1-3-5-7-8-9-10-11-15-19-16-12-14-18(17-19)13-6-4-2;/h12,14,16-17H,3-11,13,15H2,1-2H3;1H/q+1;/p-1. The molecule has 1 heterocycles. The zero-order valence-electron chi connectivity index (χ0n) is 13.4. The van der Waals surface area contributed by atoms with E-state index in [9.17, 15) is 0 Å². The van der Waals surface area contributed by atoms with Crippen LogP contribution < -0.4 is 9.27 Å². The fourth-order valence-electron chi connectivity index (χ4n) is 2.50. The van der Waals surface area contributed by atoms with E-state index in [1.54, 1.807) is 0 Å². The molecular weight excluding hydrogens is 249 g/mol. The Labute approximate surface area is 124 Å². The second-order valence-electron chi connectivity index (χ2n) is 5.67. The van der Waals surface area contributed by atoms with E-state index < -0.39 is 0 Å². The zero-order chi connectivity index (χ0) is 13.8. The molecule has 2 heteroatoms. The van der Waals surface area contributed by atoms with Gasteiger partial charge >= 0.3 is 0 Å². The monoisotopic (exact) mass is 281 g/mol. The van der Waals surface area contributed by atoms with E-state index in [0.717, 1.165) is 0 Å². The summed E-state index contributed by atoms with van der Waals surface area (Å²) in [6.07, 6.45) is 18.1. The summed E-state index contributed by atoms with van der Waals surface area (Å²) in [4.78, 5) is 0. The minimum atomic E-state index is 0. The van der Waals surface area contributed by atoms with Gasteiger partial charge in [-0.2, -0.15) is 0 Å². The molecule has 0 aliphatic heterocycles. The van der Waals surface area contributed by atoms with Crippen LogP contribution in [0.25, 0.3) is 0 Å². The van der Waals surface area contributed by atoms with E-state index in [2.05, 4.69) is 42.9 Å². The Morgan fingerprint density at radius 2 is 1.50 bits per heavy atom. The third-order valence-corrected chi connectivity index (χ3v) is 3.76. The summed E-state index contributed by atoms with van der Waals surface area (Å²) >= 11 is 0. The lowest BCUT2D eigenvalue weighted by Crippen LogP contribution is -3.00. The van der Waals surface area contributed by atoms with Crippen molar-refractivity contribution in [3.05, 3.63) is 30.1 Å². The maximum atomic E-state index is 2.37. The predicted molar refractivity (Wildman–Crippen MR) is 83.2 cm³/mol. The number of rotatable bonds is 11. The molecular formula is C18H32FN. The van der Waals surface area contributed by atoms with Gasteiger partial charge in [-0.05, 0) is 25.3 Å². The van der Waals surface area contributed by atoms with Crippen molar-refractivity contribution in [2.75, 3.05) is 0 Å². The highest BCUT2D eigenvalue weighted by Gasteiger charge is 2.02. The fourth-order valence-corrected chi connectivity index (χ4v) is 2.50. The second-order valence-corrected chi connectivity index (χ2v) is 5.67. The summed E-state index contributed by atoms with van der Waals surface area (Å²) in [6.45, 7) is 5.73. The van der Waals surface area contributed by atoms with Crippen LogP contribution in [0, 0.1) is 0 Å². The van der Waals surface area contributed by atoms with E-state index in [1.165, 1.54) is 76.3 Å². The van der Waals surface area contributed by atoms with Gasteiger partial charge in [0.25, 0.3) is 0 Å². The van der Waals surface area contributed by atoms with Crippen molar-refractivity contribution in [2.24, 2.45) is 0 Å². The first-order valence-electron chi connectivity index (χ1n) is 8.34. The minimum absolute atomic E-state index is 0. The maximum Gasteiger partial charge on any atom is 0.171 e. The molecule has 0 bridgehead atoms. The highest BCUT2D eigenvalue weighted by Crippen LogP contribution is 2.07. The van der Waals surface area contributed by atoms with Gasteiger partial charge < -0.3 is 4.70 Å². The minimum Gasteiger partial charge on any atom is -1.00 e. The number of hydrogen-bond acceptors (Lipinski definition) is 0. The molecule has 0 atom stereocenters. The Morgan fingerprint density at radius 1 is 0.850 bits per heavy atom. The molecule has 1 rings (SSSR count). The normalized spacial score (nSPS) is 10.3. The molecule has 0 fully saturated rings. The van der Waals surface area contributed by atoms with Crippen molar-refractivity contribution in [1.82, 2.24) is 0 Å². The Balaban J connectivity index is 0.00000361. The first kappa shape index (κ1) is 19.1.